The van der Waals surface area contributed by atoms with Crippen molar-refractivity contribution in [2.24, 2.45) is 5.11 Å². The van der Waals surface area contributed by atoms with Crippen molar-refractivity contribution in [3.8, 4) is 34.3 Å². The maximum atomic E-state index is 13.4. The Balaban J connectivity index is 0.801. The van der Waals surface area contributed by atoms with Gasteiger partial charge in [0.1, 0.15) is 35.7 Å². The standard InChI is InChI=1S/C52H66N11O28P3S4/c1-52(2,97-95-29-83-17-3-4-18-84-50(68)58-14-5-6-31-26-63(49(67)61-46(31)55)40-25-38(86-28-60-62-56)39(88-40)27-87-93(73,74)91-94(75,76)90-92(70,71)72)13-19-85-51(69)59-16-21-82-23-22-81-20-15-57-47(64)30-7-8-32(48(65)66)35(24-30)41-33-9-11-36(53)44(96-77)42(33)89-43-34(41)10-12-37(54)45(43)98(78,79)80/h7-12,24,26,38-40,54,77H,3-4,13-23,25,27-29,53H2,1-2H3,(H,57,64)(H,58,68)(H,59,69)(H,65,66)(H,73,74)(H,75,76)(H2,55,61,67)(H2,70,71,72)(H,78,79,80)/t38?,39-,40-/m1/s1. The van der Waals surface area contributed by atoms with Gasteiger partial charge in [0.15, 0.2) is 16.2 Å². The van der Waals surface area contributed by atoms with Crippen molar-refractivity contribution >= 4 is 114 Å². The number of hydrogen-bond acceptors (Lipinski definition) is 30. The minimum absolute atomic E-state index is 0.000920. The van der Waals surface area contributed by atoms with E-state index in [4.69, 9.17) is 69.8 Å². The van der Waals surface area contributed by atoms with Crippen LogP contribution in [0.4, 0.5) is 21.1 Å². The number of benzene rings is 3. The first kappa shape index (κ1) is 80.1. The number of nitrogens with two attached hydrogens (primary N) is 2. The van der Waals surface area contributed by atoms with Crippen LogP contribution >= 0.6 is 57.1 Å². The molecule has 39 nitrogen and oxygen atoms in total. The Labute approximate surface area is 567 Å². The summed E-state index contributed by atoms with van der Waals surface area (Å²) < 4.78 is 137. The molecule has 1 aliphatic carbocycles. The van der Waals surface area contributed by atoms with Crippen molar-refractivity contribution in [3.05, 3.63) is 91.6 Å². The number of nitrogens with zero attached hydrogens (tertiary/aromatic N) is 5. The highest BCUT2D eigenvalue weighted by atomic mass is 33.1. The first-order chi connectivity index (χ1) is 46.2. The summed E-state index contributed by atoms with van der Waals surface area (Å²) in [6.07, 6.45) is -2.68. The van der Waals surface area contributed by atoms with Crippen molar-refractivity contribution in [2.75, 3.05) is 96.6 Å². The Morgan fingerprint density at radius 3 is 2.29 bits per heavy atom. The zero-order chi connectivity index (χ0) is 72.0. The maximum Gasteiger partial charge on any atom is 0.490 e. The molecule has 3 aromatic rings. The number of amides is 3. The lowest BCUT2D eigenvalue weighted by atomic mass is 9.89. The molecule has 0 saturated carbocycles. The van der Waals surface area contributed by atoms with Crippen LogP contribution in [0.5, 0.6) is 0 Å². The van der Waals surface area contributed by atoms with Gasteiger partial charge >= 0.3 is 47.3 Å². The number of anilines is 2. The fraction of sp³-hybridized carbons (Fsp3) is 0.442. The number of unbranched alkanes of at least 4 members (excludes halogenated alkanes) is 1. The molecule has 0 spiro atoms. The molecule has 2 aromatic carbocycles. The molecular weight excluding hydrogens is 1450 g/mol. The van der Waals surface area contributed by atoms with Crippen LogP contribution in [0.15, 0.2) is 72.8 Å². The summed E-state index contributed by atoms with van der Waals surface area (Å²) in [5.74, 6) is 2.78. The molecule has 1 fully saturated rings. The van der Waals surface area contributed by atoms with Gasteiger partial charge in [-0.2, -0.15) is 22.0 Å². The second kappa shape index (κ2) is 37.0. The van der Waals surface area contributed by atoms with Crippen molar-refractivity contribution < 1.29 is 126 Å². The van der Waals surface area contributed by atoms with Crippen LogP contribution in [-0.4, -0.2) is 178 Å². The fourth-order valence-corrected chi connectivity index (χ4v) is 15.2. The molecule has 536 valence electrons. The number of alkyl carbamates (subject to hydrolysis) is 2. The number of carbonyl (C=O) groups is 4. The van der Waals surface area contributed by atoms with Crippen LogP contribution in [0.2, 0.25) is 0 Å². The predicted molar refractivity (Wildman–Crippen MR) is 347 cm³/mol. The largest absolute Gasteiger partial charge is 0.490 e. The van der Waals surface area contributed by atoms with Gasteiger partial charge in [-0.15, -0.1) is 0 Å². The summed E-state index contributed by atoms with van der Waals surface area (Å²) in [4.78, 5) is 106. The summed E-state index contributed by atoms with van der Waals surface area (Å²) in [6, 6.07) is 8.96. The fourth-order valence-electron chi connectivity index (χ4n) is 8.73. The number of phosphoric acid groups is 3. The minimum atomic E-state index is -5.84. The highest BCUT2D eigenvalue weighted by molar-refractivity contribution is 8.77. The van der Waals surface area contributed by atoms with Crippen LogP contribution in [0.1, 0.15) is 72.0 Å². The molecule has 15 N–H and O–H groups in total. The van der Waals surface area contributed by atoms with E-state index in [2.05, 4.69) is 55.9 Å². The number of carboxylic acids is 1. The second-order valence-corrected chi connectivity index (χ2v) is 29.9. The third kappa shape index (κ3) is 24.8. The van der Waals surface area contributed by atoms with Gasteiger partial charge in [-0.3, -0.25) is 23.8 Å². The number of phosphoric ester groups is 1. The summed E-state index contributed by atoms with van der Waals surface area (Å²) in [5.41, 5.74) is 19.1. The Morgan fingerprint density at radius 1 is 0.908 bits per heavy atom. The number of hydrogen-bond donors (Lipinski definition) is 13. The third-order valence-corrected chi connectivity index (χ3v) is 21.4. The van der Waals surface area contributed by atoms with Gasteiger partial charge in [0.2, 0.25) is 0 Å². The Morgan fingerprint density at radius 2 is 1.60 bits per heavy atom. The quantitative estimate of drug-likeness (QED) is 0.00181. The summed E-state index contributed by atoms with van der Waals surface area (Å²) in [7, 11) is -19.2. The minimum Gasteiger partial charge on any atom is -0.478 e. The van der Waals surface area contributed by atoms with Gasteiger partial charge < -0.3 is 94.2 Å². The Hall–Kier alpha value is -6.91. The summed E-state index contributed by atoms with van der Waals surface area (Å²) in [6.45, 7) is 3.41. The SMILES string of the molecule is CC(C)(CCOC(=O)NCCOCCOCCNC(=O)c1ccc(C(=O)O)c(-c2c3ccc(=N)c(S(=O)(=O)O)c-3oc3c(SO)c(N)ccc23)c1)SSCOCCCCOC(=O)NCC#Cc1cn([C@H]2CC(OCN=[N+]=[N-])[C@@H](COP(=O)(O)OP(=O)(O)OP(=O)(O)O)O2)c(=O)nc1N. The highest BCUT2D eigenvalue weighted by Crippen LogP contribution is 2.66. The average Bonchev–Trinajstić information content (AvgIpc) is 0.829. The summed E-state index contributed by atoms with van der Waals surface area (Å²) >= 11 is 0.171. The molecule has 6 rings (SSSR count). The normalized spacial score (nSPS) is 16.1. The molecule has 1 aromatic heterocycles. The van der Waals surface area contributed by atoms with Crippen LogP contribution in [0, 0.1) is 17.3 Å². The van der Waals surface area contributed by atoms with Crippen molar-refractivity contribution in [1.82, 2.24) is 25.5 Å². The number of nitrogen functional groups attached to an aromatic ring is 2. The number of azide groups is 1. The highest BCUT2D eigenvalue weighted by Gasteiger charge is 2.44. The maximum absolute atomic E-state index is 13.4. The molecule has 0 bridgehead atoms. The van der Waals surface area contributed by atoms with E-state index in [1.165, 1.54) is 47.2 Å². The lowest BCUT2D eigenvalue weighted by Gasteiger charge is -2.22. The first-order valence-corrected chi connectivity index (χ1v) is 37.4. The number of fused-ring (bicyclic) bond motifs is 2. The number of carboxylic acid groups (broad SMARTS) is 1. The van der Waals surface area contributed by atoms with Crippen LogP contribution in [0.3, 0.4) is 0 Å². The summed E-state index contributed by atoms with van der Waals surface area (Å²) in [5, 5.41) is 28.9. The molecule has 1 saturated heterocycles. The van der Waals surface area contributed by atoms with Crippen LogP contribution in [0.25, 0.3) is 43.9 Å². The smallest absolute Gasteiger partial charge is 0.478 e. The van der Waals surface area contributed by atoms with Gasteiger partial charge in [-0.25, -0.2) is 32.9 Å². The van der Waals surface area contributed by atoms with Gasteiger partial charge in [0.05, 0.1) is 81.1 Å². The number of aromatic carboxylic acids is 1. The number of rotatable bonds is 38. The number of ether oxygens (including phenoxy) is 7. The third-order valence-electron chi connectivity index (χ3n) is 13.1. The van der Waals surface area contributed by atoms with E-state index in [0.717, 1.165) is 16.8 Å². The zero-order valence-electron chi connectivity index (χ0n) is 51.4. The van der Waals surface area contributed by atoms with Gasteiger partial charge in [0, 0.05) is 76.1 Å². The lowest BCUT2D eigenvalue weighted by Crippen LogP contribution is -2.30. The van der Waals surface area contributed by atoms with E-state index in [9.17, 15) is 70.1 Å². The Kier molecular flexibility index (Phi) is 30.2. The molecule has 98 heavy (non-hydrogen) atoms. The number of nitrogens with one attached hydrogen (secondary N) is 4. The van der Waals surface area contributed by atoms with E-state index >= 15 is 0 Å². The lowest BCUT2D eigenvalue weighted by molar-refractivity contribution is -0.0601. The second-order valence-electron chi connectivity index (χ2n) is 20.6. The van der Waals surface area contributed by atoms with Crippen molar-refractivity contribution in [1.29, 1.82) is 5.41 Å². The predicted octanol–water partition coefficient (Wildman–Crippen LogP) is 5.77. The topological polar surface area (TPSA) is 596 Å². The molecule has 3 aliphatic rings. The molecule has 5 atom stereocenters. The molecule has 3 heterocycles. The van der Waals surface area contributed by atoms with Gasteiger partial charge in [0.25, 0.3) is 16.0 Å². The van der Waals surface area contributed by atoms with Gasteiger partial charge in [-0.05, 0) is 86.7 Å². The molecule has 0 radical (unpaired) electrons. The Bertz CT molecular complexity index is 4170. The molecule has 3 unspecified atom stereocenters. The molecule has 46 heteroatoms. The van der Waals surface area contributed by atoms with Crippen LogP contribution in [-0.2, 0) is 70.1 Å². The van der Waals surface area contributed by atoms with E-state index < -0.39 is 111 Å². The monoisotopic (exact) mass is 1510 g/mol. The van der Waals surface area contributed by atoms with Crippen molar-refractivity contribution in [2.45, 2.75) is 72.5 Å². The van der Waals surface area contributed by atoms with E-state index in [0.29, 0.717) is 31.8 Å². The number of carbonyl (C=O) groups excluding carboxylic acids is 3. The number of aromatic nitrogens is 2. The van der Waals surface area contributed by atoms with E-state index in [1.54, 1.807) is 10.8 Å². The molecule has 2 aliphatic heterocycles. The van der Waals surface area contributed by atoms with Crippen LogP contribution < -0.4 is 38.5 Å². The van der Waals surface area contributed by atoms with E-state index in [-0.39, 0.29) is 143 Å². The van der Waals surface area contributed by atoms with E-state index in [1.807, 2.05) is 13.8 Å². The van der Waals surface area contributed by atoms with Crippen molar-refractivity contribution in [3.63, 3.8) is 0 Å². The average molecular weight is 1510 g/mol. The molecule has 3 amide bonds. The first-order valence-electron chi connectivity index (χ1n) is 28.3. The molecular formula is C52H66N11O28P3S4. The zero-order valence-corrected chi connectivity index (χ0v) is 57.4. The van der Waals surface area contributed by atoms with Gasteiger partial charge in [-0.1, -0.05) is 38.5 Å².